The molecule has 4 aromatic rings. The van der Waals surface area contributed by atoms with Crippen LogP contribution in [-0.4, -0.2) is 230 Å². The molecule has 7 rings (SSSR count). The van der Waals surface area contributed by atoms with Crippen LogP contribution in [0.5, 0.6) is 11.5 Å². The predicted molar refractivity (Wildman–Crippen MR) is 320 cm³/mol. The van der Waals surface area contributed by atoms with Crippen molar-refractivity contribution in [3.63, 3.8) is 0 Å². The van der Waals surface area contributed by atoms with E-state index in [0.717, 1.165) is 70.9 Å². The van der Waals surface area contributed by atoms with Gasteiger partial charge in [-0.2, -0.15) is 0 Å². The molecule has 0 aliphatic carbocycles. The van der Waals surface area contributed by atoms with Gasteiger partial charge in [0.1, 0.15) is 72.6 Å². The van der Waals surface area contributed by atoms with Crippen molar-refractivity contribution in [1.82, 2.24) is 36.4 Å². The fraction of sp³-hybridized carbons (Fsp3) is 0.508. The van der Waals surface area contributed by atoms with Crippen molar-refractivity contribution in [2.75, 3.05) is 54.0 Å². The van der Waals surface area contributed by atoms with Gasteiger partial charge in [-0.3, -0.25) is 33.6 Å². The molecule has 0 spiro atoms. The summed E-state index contributed by atoms with van der Waals surface area (Å²) in [6.07, 6.45) is -12.6. The number of aromatic hydroxyl groups is 1. The van der Waals surface area contributed by atoms with Crippen molar-refractivity contribution in [2.45, 2.75) is 145 Å². The zero-order valence-electron chi connectivity index (χ0n) is 50.6. The molecule has 478 valence electrons. The van der Waals surface area contributed by atoms with Crippen molar-refractivity contribution >= 4 is 41.4 Å². The molecule has 15 atom stereocenters. The number of ether oxygens (including phenoxy) is 2. The Hall–Kier alpha value is -7.59. The van der Waals surface area contributed by atoms with Gasteiger partial charge in [0.05, 0.1) is 58.8 Å². The second kappa shape index (κ2) is 30.1. The summed E-state index contributed by atoms with van der Waals surface area (Å²) in [5.41, 5.74) is 3.48. The van der Waals surface area contributed by atoms with Gasteiger partial charge >= 0.3 is 0 Å². The Balaban J connectivity index is 1.23. The molecule has 88 heavy (non-hydrogen) atoms. The number of quaternary nitrogens is 1. The number of likely N-dealkylation sites (N-methyl/N-ethyl adjacent to an activating group) is 1. The Kier molecular flexibility index (Phi) is 23.2. The van der Waals surface area contributed by atoms with Gasteiger partial charge in [0.2, 0.25) is 35.4 Å². The lowest BCUT2D eigenvalue weighted by Crippen LogP contribution is -2.64. The molecule has 1 unspecified atom stereocenters. The number of phenolic OH excluding ortho intramolecular Hbond substituents is 1. The SMILES string of the molecule is CCCCCOc1ccc(-c2ccc(-c3ccc(C(=O)N[C@H]4C[C@@H](O)[C@@H](OCC[N+](C)(C)C)NC(=O)[C@@H]5[C@@H](O)[C@@H](C)CN5C(=O)[C@H]([C@@H](C)O)NC(=O)[C@H]([C@H](O)[C@@H](O)c5ccc(O)cc5)NC(=O)[C@@H]5CC(O)CN5C(=O)[C@H]([C@@H](C)O)NC4=O)cc3)cc2)cc1. The molecule has 4 aromatic carbocycles. The number of benzene rings is 4. The van der Waals surface area contributed by atoms with Crippen LogP contribution in [0, 0.1) is 5.92 Å². The highest BCUT2D eigenvalue weighted by Crippen LogP contribution is 2.30. The highest BCUT2D eigenvalue weighted by Gasteiger charge is 2.50. The summed E-state index contributed by atoms with van der Waals surface area (Å²) < 4.78 is 12.3. The van der Waals surface area contributed by atoms with Crippen LogP contribution in [0.2, 0.25) is 0 Å². The smallest absolute Gasteiger partial charge is 0.251 e. The molecule has 25 heteroatoms. The normalized spacial score (nSPS) is 26.7. The molecule has 0 radical (unpaired) electrons. The first-order chi connectivity index (χ1) is 41.6. The number of carbonyl (C=O) groups is 7. The number of nitrogens with one attached hydrogen (secondary N) is 5. The Labute approximate surface area is 511 Å². The maximum atomic E-state index is 14.8. The number of unbranched alkanes of at least 4 members (excludes halogenated alkanes) is 2. The first kappa shape index (κ1) is 67.9. The summed E-state index contributed by atoms with van der Waals surface area (Å²) in [7, 11) is 5.52. The van der Waals surface area contributed by atoms with Crippen LogP contribution < -0.4 is 31.3 Å². The van der Waals surface area contributed by atoms with Crippen molar-refractivity contribution in [3.05, 3.63) is 108 Å². The van der Waals surface area contributed by atoms with Crippen molar-refractivity contribution in [2.24, 2.45) is 5.92 Å². The van der Waals surface area contributed by atoms with Crippen LogP contribution in [-0.2, 0) is 33.5 Å². The van der Waals surface area contributed by atoms with E-state index in [-0.39, 0.29) is 36.6 Å². The molecule has 3 aliphatic heterocycles. The quantitative estimate of drug-likeness (QED) is 0.0453. The topological polar surface area (TPSA) is 366 Å². The summed E-state index contributed by atoms with van der Waals surface area (Å²) in [5, 5.41) is 103. The lowest BCUT2D eigenvalue weighted by Gasteiger charge is -2.34. The average molecular weight is 1230 g/mol. The van der Waals surface area contributed by atoms with Crippen LogP contribution >= 0.6 is 0 Å². The molecule has 7 amide bonds. The second-order valence-electron chi connectivity index (χ2n) is 24.1. The highest BCUT2D eigenvalue weighted by atomic mass is 16.5. The highest BCUT2D eigenvalue weighted by molar-refractivity contribution is 6.00. The number of phenols is 1. The first-order valence-corrected chi connectivity index (χ1v) is 29.7. The van der Waals surface area contributed by atoms with E-state index in [1.807, 2.05) is 69.7 Å². The van der Waals surface area contributed by atoms with E-state index >= 15 is 0 Å². The Bertz CT molecular complexity index is 3040. The zero-order valence-corrected chi connectivity index (χ0v) is 50.6. The van der Waals surface area contributed by atoms with Crippen LogP contribution in [0.3, 0.4) is 0 Å². The number of aliphatic hydroxyl groups excluding tert-OH is 7. The molecule has 0 aromatic heterocycles. The van der Waals surface area contributed by atoms with E-state index in [2.05, 4.69) is 33.5 Å². The fourth-order valence-electron chi connectivity index (χ4n) is 10.8. The largest absolute Gasteiger partial charge is 0.508 e. The van der Waals surface area contributed by atoms with Crippen molar-refractivity contribution in [3.8, 4) is 33.8 Å². The summed E-state index contributed by atoms with van der Waals surface area (Å²) in [5.74, 6) is -8.24. The van der Waals surface area contributed by atoms with Crippen LogP contribution in [0.15, 0.2) is 97.1 Å². The van der Waals surface area contributed by atoms with Gasteiger partial charge < -0.3 is 91.2 Å². The number of amides is 7. The summed E-state index contributed by atoms with van der Waals surface area (Å²) >= 11 is 0. The van der Waals surface area contributed by atoms with Crippen molar-refractivity contribution in [1.29, 1.82) is 0 Å². The van der Waals surface area contributed by atoms with Crippen LogP contribution in [0.4, 0.5) is 0 Å². The molecule has 3 fully saturated rings. The monoisotopic (exact) mass is 1230 g/mol. The van der Waals surface area contributed by atoms with E-state index in [4.69, 9.17) is 9.47 Å². The van der Waals surface area contributed by atoms with Gasteiger partial charge in [-0.05, 0) is 84.5 Å². The Morgan fingerprint density at radius 1 is 0.648 bits per heavy atom. The van der Waals surface area contributed by atoms with Gasteiger partial charge in [-0.1, -0.05) is 87.4 Å². The van der Waals surface area contributed by atoms with Gasteiger partial charge in [0.15, 0.2) is 6.23 Å². The van der Waals surface area contributed by atoms with E-state index in [0.29, 0.717) is 11.1 Å². The molecule has 3 heterocycles. The number of carbonyl (C=O) groups excluding carboxylic acids is 7. The third-order valence-corrected chi connectivity index (χ3v) is 16.1. The van der Waals surface area contributed by atoms with E-state index in [1.165, 1.54) is 43.3 Å². The fourth-order valence-corrected chi connectivity index (χ4v) is 10.8. The number of hydrogen-bond donors (Lipinski definition) is 13. The number of fused-ring (bicyclic) bond motifs is 2. The number of nitrogens with zero attached hydrogens (tertiary/aromatic N) is 3. The van der Waals surface area contributed by atoms with Crippen LogP contribution in [0.1, 0.15) is 81.8 Å². The van der Waals surface area contributed by atoms with Crippen molar-refractivity contribution < 1.29 is 88.4 Å². The molecular formula is C63H85N8O17+. The first-order valence-electron chi connectivity index (χ1n) is 29.7. The minimum Gasteiger partial charge on any atom is -0.508 e. The van der Waals surface area contributed by atoms with E-state index < -0.39 is 152 Å². The zero-order chi connectivity index (χ0) is 64.3. The number of rotatable bonds is 18. The number of aliphatic hydroxyl groups is 7. The molecular weight excluding hydrogens is 1140 g/mol. The van der Waals surface area contributed by atoms with E-state index in [1.54, 1.807) is 12.1 Å². The van der Waals surface area contributed by atoms with Crippen LogP contribution in [0.25, 0.3) is 22.3 Å². The standard InChI is InChI=1S/C63H84N8O17/c1-8-9-10-28-87-45-25-21-40(22-26-45)38-13-11-37(12-14-38)39-15-17-42(18-16-39)56(80)64-46-31-48(76)61(88-29-27-71(5,6)7)68-60(84)52-53(77)34(2)32-70(52)63(86)50(36(4)73)66-59(83)51(55(79)54(78)41-19-23-43(74)24-20-41)67-58(82)47-30-44(75)33-69(47)62(85)49(35(3)72)65-57(46)81/h11-26,34-36,44,46-55,61,72-73,75-79H,8-10,27-33H2,1-7H3,(H5-,64,65,66,67,68,74,80,81,82,83,84)/p+1/t34-,35+,36+,44?,46-,47-,48+,49-,50-,51-,52-,53-,54-,55-,61+/m0/s1. The number of hydrogen-bond acceptors (Lipinski definition) is 17. The van der Waals surface area contributed by atoms with Gasteiger partial charge in [-0.25, -0.2) is 0 Å². The Morgan fingerprint density at radius 2 is 1.18 bits per heavy atom. The lowest BCUT2D eigenvalue weighted by atomic mass is 9.96. The second-order valence-corrected chi connectivity index (χ2v) is 24.1. The van der Waals surface area contributed by atoms with Gasteiger partial charge in [0, 0.05) is 37.4 Å². The average Bonchev–Trinajstić information content (AvgIpc) is 2.08. The third kappa shape index (κ3) is 17.2. The minimum atomic E-state index is -2.29. The Morgan fingerprint density at radius 3 is 1.74 bits per heavy atom. The van der Waals surface area contributed by atoms with Gasteiger partial charge in [-0.15, -0.1) is 0 Å². The minimum absolute atomic E-state index is 0.0470. The molecule has 0 saturated carbocycles. The maximum Gasteiger partial charge on any atom is 0.251 e. The van der Waals surface area contributed by atoms with E-state index in [9.17, 15) is 74.4 Å². The molecule has 0 bridgehead atoms. The molecule has 3 saturated heterocycles. The van der Waals surface area contributed by atoms with Gasteiger partial charge in [0.25, 0.3) is 5.91 Å². The molecule has 3 aliphatic rings. The summed E-state index contributed by atoms with van der Waals surface area (Å²) in [4.78, 5) is 104. The molecule has 25 nitrogen and oxygen atoms in total. The maximum absolute atomic E-state index is 14.8. The molecule has 13 N–H and O–H groups in total. The third-order valence-electron chi connectivity index (χ3n) is 16.1. The summed E-state index contributed by atoms with van der Waals surface area (Å²) in [6.45, 7) is 5.80. The predicted octanol–water partition coefficient (Wildman–Crippen LogP) is -0.197. The lowest BCUT2D eigenvalue weighted by molar-refractivity contribution is -0.870. The summed E-state index contributed by atoms with van der Waals surface area (Å²) in [6, 6.07) is 15.3.